The SMILES string of the molecule is CC(C)(C)c1ccc(CN(C=O)[C@@H]2CCCC[C@H]2N(C=O)Cc2ccc(C(C)(C)C)cc2)cc1. The summed E-state index contributed by atoms with van der Waals surface area (Å²) in [6.07, 6.45) is 5.97. The van der Waals surface area contributed by atoms with Crippen LogP contribution in [0.3, 0.4) is 0 Å². The van der Waals surface area contributed by atoms with E-state index in [0.717, 1.165) is 49.6 Å². The summed E-state index contributed by atoms with van der Waals surface area (Å²) >= 11 is 0. The Morgan fingerprint density at radius 2 is 0.971 bits per heavy atom. The normalized spacial score (nSPS) is 18.9. The lowest BCUT2D eigenvalue weighted by Gasteiger charge is -2.42. The molecule has 2 amide bonds. The summed E-state index contributed by atoms with van der Waals surface area (Å²) in [7, 11) is 0. The Balaban J connectivity index is 1.75. The van der Waals surface area contributed by atoms with Gasteiger partial charge < -0.3 is 9.80 Å². The summed E-state index contributed by atoms with van der Waals surface area (Å²) in [6.45, 7) is 14.4. The fraction of sp³-hybridized carbons (Fsp3) is 0.533. The average molecular weight is 463 g/mol. The van der Waals surface area contributed by atoms with Crippen LogP contribution in [0.4, 0.5) is 0 Å². The van der Waals surface area contributed by atoms with Crippen LogP contribution in [0.1, 0.15) is 89.5 Å². The standard InChI is InChI=1S/C30H42N2O2/c1-29(2,3)25-15-11-23(12-16-25)19-31(21-33)27-9-7-8-10-28(27)32(22-34)20-24-13-17-26(18-14-24)30(4,5)6/h11-18,21-22,27-28H,7-10,19-20H2,1-6H3/t27-,28-/m1/s1. The number of carbonyl (C=O) groups excluding carboxylic acids is 2. The minimum atomic E-state index is 0.0348. The molecule has 0 aromatic heterocycles. The first-order valence-electron chi connectivity index (χ1n) is 12.6. The first-order valence-corrected chi connectivity index (χ1v) is 12.6. The van der Waals surface area contributed by atoms with Crippen LogP contribution >= 0.6 is 0 Å². The third-order valence-electron chi connectivity index (χ3n) is 7.19. The molecular formula is C30H42N2O2. The largest absolute Gasteiger partial charge is 0.336 e. The number of rotatable bonds is 8. The molecule has 4 nitrogen and oxygen atoms in total. The quantitative estimate of drug-likeness (QED) is 0.438. The van der Waals surface area contributed by atoms with Crippen molar-refractivity contribution in [3.8, 4) is 0 Å². The third kappa shape index (κ3) is 6.49. The monoisotopic (exact) mass is 462 g/mol. The molecule has 34 heavy (non-hydrogen) atoms. The van der Waals surface area contributed by atoms with Crippen LogP contribution in [-0.4, -0.2) is 34.7 Å². The summed E-state index contributed by atoms with van der Waals surface area (Å²) in [6, 6.07) is 17.2. The second-order valence-electron chi connectivity index (χ2n) is 11.9. The Morgan fingerprint density at radius 3 is 1.24 bits per heavy atom. The van der Waals surface area contributed by atoms with E-state index < -0.39 is 0 Å². The smallest absolute Gasteiger partial charge is 0.210 e. The van der Waals surface area contributed by atoms with Crippen molar-refractivity contribution in [2.75, 3.05) is 0 Å². The molecule has 1 fully saturated rings. The van der Waals surface area contributed by atoms with Gasteiger partial charge in [0.15, 0.2) is 0 Å². The Morgan fingerprint density at radius 1 is 0.647 bits per heavy atom. The molecule has 4 heteroatoms. The number of amides is 2. The van der Waals surface area contributed by atoms with Crippen LogP contribution in [0.2, 0.25) is 0 Å². The highest BCUT2D eigenvalue weighted by Gasteiger charge is 2.33. The van der Waals surface area contributed by atoms with E-state index in [1.807, 2.05) is 9.80 Å². The molecule has 0 saturated heterocycles. The predicted molar refractivity (Wildman–Crippen MR) is 140 cm³/mol. The zero-order valence-electron chi connectivity index (χ0n) is 21.9. The first kappa shape index (κ1) is 26.0. The minimum absolute atomic E-state index is 0.0348. The highest BCUT2D eigenvalue weighted by molar-refractivity contribution is 5.51. The molecule has 2 aromatic carbocycles. The van der Waals surface area contributed by atoms with Crippen molar-refractivity contribution >= 4 is 12.8 Å². The van der Waals surface area contributed by atoms with E-state index in [1.165, 1.54) is 11.1 Å². The summed E-state index contributed by atoms with van der Waals surface area (Å²) in [4.78, 5) is 28.2. The molecule has 1 saturated carbocycles. The third-order valence-corrected chi connectivity index (χ3v) is 7.19. The van der Waals surface area contributed by atoms with Crippen molar-refractivity contribution in [2.45, 2.75) is 103 Å². The summed E-state index contributed by atoms with van der Waals surface area (Å²) < 4.78 is 0. The molecule has 0 aliphatic heterocycles. The Bertz CT molecular complexity index is 856. The lowest BCUT2D eigenvalue weighted by Crippen LogP contribution is -2.52. The fourth-order valence-corrected chi connectivity index (χ4v) is 4.97. The predicted octanol–water partition coefficient (Wildman–Crippen LogP) is 6.21. The second-order valence-corrected chi connectivity index (χ2v) is 11.9. The molecule has 0 bridgehead atoms. The summed E-state index contributed by atoms with van der Waals surface area (Å²) in [5, 5.41) is 0. The van der Waals surface area contributed by atoms with Crippen LogP contribution in [0.25, 0.3) is 0 Å². The van der Waals surface area contributed by atoms with E-state index in [9.17, 15) is 9.59 Å². The van der Waals surface area contributed by atoms with Crippen LogP contribution in [-0.2, 0) is 33.5 Å². The van der Waals surface area contributed by atoms with Gasteiger partial charge in [0, 0.05) is 13.1 Å². The topological polar surface area (TPSA) is 40.6 Å². The molecule has 184 valence electrons. The maximum Gasteiger partial charge on any atom is 0.210 e. The fourth-order valence-electron chi connectivity index (χ4n) is 4.97. The van der Waals surface area contributed by atoms with E-state index in [2.05, 4.69) is 90.1 Å². The Hall–Kier alpha value is -2.62. The highest BCUT2D eigenvalue weighted by Crippen LogP contribution is 2.29. The zero-order chi connectivity index (χ0) is 24.9. The van der Waals surface area contributed by atoms with Gasteiger partial charge in [0.1, 0.15) is 0 Å². The minimum Gasteiger partial charge on any atom is -0.336 e. The van der Waals surface area contributed by atoms with Gasteiger partial charge in [-0.1, -0.05) is 103 Å². The number of carbonyl (C=O) groups is 2. The van der Waals surface area contributed by atoms with Gasteiger partial charge in [-0.2, -0.15) is 0 Å². The van der Waals surface area contributed by atoms with Gasteiger partial charge in [0.05, 0.1) is 12.1 Å². The summed E-state index contributed by atoms with van der Waals surface area (Å²) in [5.41, 5.74) is 5.03. The van der Waals surface area contributed by atoms with Crippen molar-refractivity contribution in [3.05, 3.63) is 70.8 Å². The van der Waals surface area contributed by atoms with Crippen molar-refractivity contribution in [3.63, 3.8) is 0 Å². The molecule has 2 atom stereocenters. The van der Waals surface area contributed by atoms with Gasteiger partial charge >= 0.3 is 0 Å². The molecule has 0 unspecified atom stereocenters. The average Bonchev–Trinajstić information content (AvgIpc) is 2.80. The molecule has 3 rings (SSSR count). The van der Waals surface area contributed by atoms with Crippen molar-refractivity contribution < 1.29 is 9.59 Å². The van der Waals surface area contributed by atoms with Crippen LogP contribution in [0.5, 0.6) is 0 Å². The van der Waals surface area contributed by atoms with Gasteiger partial charge in [-0.25, -0.2) is 0 Å². The van der Waals surface area contributed by atoms with Gasteiger partial charge in [0.2, 0.25) is 12.8 Å². The van der Waals surface area contributed by atoms with Gasteiger partial charge in [-0.15, -0.1) is 0 Å². The van der Waals surface area contributed by atoms with E-state index in [-0.39, 0.29) is 22.9 Å². The second kappa shape index (κ2) is 10.8. The molecule has 0 spiro atoms. The molecular weight excluding hydrogens is 420 g/mol. The van der Waals surface area contributed by atoms with Crippen LogP contribution in [0.15, 0.2) is 48.5 Å². The maximum atomic E-state index is 12.2. The molecule has 1 aliphatic carbocycles. The molecule has 0 radical (unpaired) electrons. The van der Waals surface area contributed by atoms with Gasteiger partial charge in [-0.3, -0.25) is 9.59 Å². The van der Waals surface area contributed by atoms with Crippen LogP contribution < -0.4 is 0 Å². The van der Waals surface area contributed by atoms with Gasteiger partial charge in [-0.05, 0) is 45.9 Å². The van der Waals surface area contributed by atoms with Crippen molar-refractivity contribution in [1.82, 2.24) is 9.80 Å². The van der Waals surface area contributed by atoms with Crippen molar-refractivity contribution in [2.24, 2.45) is 0 Å². The first-order chi connectivity index (χ1) is 16.0. The Labute approximate surface area is 206 Å². The number of hydrogen-bond donors (Lipinski definition) is 0. The zero-order valence-corrected chi connectivity index (χ0v) is 21.9. The number of benzene rings is 2. The number of hydrogen-bond acceptors (Lipinski definition) is 2. The van der Waals surface area contributed by atoms with Crippen molar-refractivity contribution in [1.29, 1.82) is 0 Å². The number of nitrogens with zero attached hydrogens (tertiary/aromatic N) is 2. The maximum absolute atomic E-state index is 12.2. The lowest BCUT2D eigenvalue weighted by atomic mass is 9.86. The molecule has 2 aromatic rings. The lowest BCUT2D eigenvalue weighted by molar-refractivity contribution is -0.129. The highest BCUT2D eigenvalue weighted by atomic mass is 16.1. The van der Waals surface area contributed by atoms with Gasteiger partial charge in [0.25, 0.3) is 0 Å². The van der Waals surface area contributed by atoms with E-state index in [1.54, 1.807) is 0 Å². The summed E-state index contributed by atoms with van der Waals surface area (Å²) in [5.74, 6) is 0. The molecule has 1 aliphatic rings. The van der Waals surface area contributed by atoms with Crippen LogP contribution in [0, 0.1) is 0 Å². The van der Waals surface area contributed by atoms with E-state index in [0.29, 0.717) is 13.1 Å². The Kier molecular flexibility index (Phi) is 8.22. The van der Waals surface area contributed by atoms with E-state index in [4.69, 9.17) is 0 Å². The molecule has 0 N–H and O–H groups in total. The molecule has 0 heterocycles. The van der Waals surface area contributed by atoms with E-state index >= 15 is 0 Å².